The Labute approximate surface area is 137 Å². The van der Waals surface area contributed by atoms with Gasteiger partial charge in [-0.2, -0.15) is 0 Å². The molecule has 22 heavy (non-hydrogen) atoms. The van der Waals surface area contributed by atoms with Crippen molar-refractivity contribution in [1.29, 1.82) is 0 Å². The third-order valence-corrected chi connectivity index (χ3v) is 4.40. The fourth-order valence-electron chi connectivity index (χ4n) is 2.36. The predicted octanol–water partition coefficient (Wildman–Crippen LogP) is 6.33. The van der Waals surface area contributed by atoms with E-state index in [-0.39, 0.29) is 0 Å². The maximum absolute atomic E-state index is 4.70. The first-order valence-electron chi connectivity index (χ1n) is 7.99. The smallest absolute Gasteiger partial charge is 0.195 e. The van der Waals surface area contributed by atoms with E-state index in [2.05, 4.69) is 68.5 Å². The predicted molar refractivity (Wildman–Crippen MR) is 99.8 cm³/mol. The topological polar surface area (TPSA) is 17.3 Å². The molecule has 0 fully saturated rings. The molecule has 3 heteroatoms. The van der Waals surface area contributed by atoms with Crippen molar-refractivity contribution in [3.05, 3.63) is 41.7 Å². The number of hydrogen-bond acceptors (Lipinski definition) is 2. The van der Waals surface area contributed by atoms with E-state index in [1.807, 2.05) is 13.8 Å². The molecule has 0 amide bonds. The van der Waals surface area contributed by atoms with Gasteiger partial charge in [0, 0.05) is 0 Å². The summed E-state index contributed by atoms with van der Waals surface area (Å²) in [4.78, 5) is 5.78. The van der Waals surface area contributed by atoms with Crippen molar-refractivity contribution in [3.63, 3.8) is 0 Å². The Morgan fingerprint density at radius 3 is 2.55 bits per heavy atom. The van der Waals surface area contributed by atoms with E-state index < -0.39 is 0 Å². The summed E-state index contributed by atoms with van der Waals surface area (Å²) in [7, 11) is 0. The quantitative estimate of drug-likeness (QED) is 0.540. The van der Waals surface area contributed by atoms with Crippen LogP contribution < -0.4 is 0 Å². The molecular formula is C19H26N2S. The first-order chi connectivity index (χ1) is 10.5. The number of aromatic nitrogens is 2. The van der Waals surface area contributed by atoms with Crippen LogP contribution in [0.4, 0.5) is 0 Å². The van der Waals surface area contributed by atoms with Gasteiger partial charge in [-0.25, -0.2) is 4.98 Å². The lowest BCUT2D eigenvalue weighted by Gasteiger charge is -2.14. The molecule has 0 saturated heterocycles. The van der Waals surface area contributed by atoms with Gasteiger partial charge < -0.3 is 0 Å². The van der Waals surface area contributed by atoms with Gasteiger partial charge in [-0.05, 0) is 37.0 Å². The van der Waals surface area contributed by atoms with E-state index >= 15 is 0 Å². The standard InChI is InChI=1S/C17H20N2S.C2H6/c1-12-13(9-7-11-17(2,3)4)19-14-8-5-6-10-15(14)20-16(19)18-12;1-2/h5-10H,11H2,1-4H3;1-2H3/b9-7-;. The number of aryl methyl sites for hydroxylation is 1. The minimum atomic E-state index is 0.324. The van der Waals surface area contributed by atoms with Crippen LogP contribution in [0.3, 0.4) is 0 Å². The molecule has 2 aromatic heterocycles. The molecule has 0 N–H and O–H groups in total. The van der Waals surface area contributed by atoms with Gasteiger partial charge in [0.2, 0.25) is 0 Å². The monoisotopic (exact) mass is 314 g/mol. The number of nitrogens with zero attached hydrogens (tertiary/aromatic N) is 2. The molecule has 0 aliphatic carbocycles. The van der Waals surface area contributed by atoms with Crippen LogP contribution in [-0.4, -0.2) is 9.38 Å². The van der Waals surface area contributed by atoms with Crippen LogP contribution >= 0.6 is 11.3 Å². The first-order valence-corrected chi connectivity index (χ1v) is 8.80. The number of thiazole rings is 1. The van der Waals surface area contributed by atoms with Gasteiger partial charge in [-0.3, -0.25) is 4.40 Å². The Balaban J connectivity index is 0.000000847. The zero-order chi connectivity index (χ0) is 16.3. The Bertz CT molecular complexity index is 785. The SMILES string of the molecule is CC.Cc1nc2sc3ccccc3n2c1/C=C\CC(C)(C)C. The third-order valence-electron chi connectivity index (χ3n) is 3.38. The van der Waals surface area contributed by atoms with Crippen LogP contribution in [0.15, 0.2) is 30.3 Å². The van der Waals surface area contributed by atoms with Crippen molar-refractivity contribution >= 4 is 32.6 Å². The van der Waals surface area contributed by atoms with Crippen LogP contribution in [0.2, 0.25) is 0 Å². The maximum atomic E-state index is 4.70. The number of rotatable bonds is 2. The van der Waals surface area contributed by atoms with Gasteiger partial charge in [0.25, 0.3) is 0 Å². The zero-order valence-corrected chi connectivity index (χ0v) is 15.3. The Hall–Kier alpha value is -1.61. The van der Waals surface area contributed by atoms with E-state index in [0.717, 1.165) is 17.1 Å². The Kier molecular flexibility index (Phi) is 5.07. The maximum Gasteiger partial charge on any atom is 0.195 e. The molecule has 0 aliphatic rings. The Morgan fingerprint density at radius 2 is 1.86 bits per heavy atom. The van der Waals surface area contributed by atoms with Crippen molar-refractivity contribution < 1.29 is 0 Å². The molecule has 1 aromatic carbocycles. The lowest BCUT2D eigenvalue weighted by Crippen LogP contribution is -2.01. The molecule has 0 spiro atoms. The van der Waals surface area contributed by atoms with E-state index in [1.165, 1.54) is 15.9 Å². The summed E-state index contributed by atoms with van der Waals surface area (Å²) in [6, 6.07) is 8.50. The molecule has 0 aliphatic heterocycles. The van der Waals surface area contributed by atoms with Crippen molar-refractivity contribution in [2.24, 2.45) is 5.41 Å². The highest BCUT2D eigenvalue weighted by molar-refractivity contribution is 7.23. The first kappa shape index (κ1) is 16.8. The minimum Gasteiger partial charge on any atom is -0.283 e. The number of imidazole rings is 1. The summed E-state index contributed by atoms with van der Waals surface area (Å²) < 4.78 is 3.56. The summed E-state index contributed by atoms with van der Waals surface area (Å²) >= 11 is 1.75. The number of fused-ring (bicyclic) bond motifs is 3. The molecular weight excluding hydrogens is 288 g/mol. The molecule has 0 radical (unpaired) electrons. The molecule has 0 bridgehead atoms. The molecule has 3 rings (SSSR count). The Morgan fingerprint density at radius 1 is 1.18 bits per heavy atom. The van der Waals surface area contributed by atoms with Gasteiger partial charge in [-0.1, -0.05) is 64.2 Å². The minimum absolute atomic E-state index is 0.324. The van der Waals surface area contributed by atoms with Crippen LogP contribution in [0.1, 0.15) is 52.4 Å². The molecule has 2 nitrogen and oxygen atoms in total. The lowest BCUT2D eigenvalue weighted by molar-refractivity contribution is 0.421. The largest absolute Gasteiger partial charge is 0.283 e. The second-order valence-electron chi connectivity index (χ2n) is 6.44. The number of para-hydroxylation sites is 1. The zero-order valence-electron chi connectivity index (χ0n) is 14.5. The number of allylic oxidation sites excluding steroid dienone is 1. The van der Waals surface area contributed by atoms with Gasteiger partial charge in [0.1, 0.15) is 0 Å². The summed E-state index contributed by atoms with van der Waals surface area (Å²) in [5.74, 6) is 0. The molecule has 0 unspecified atom stereocenters. The fourth-order valence-corrected chi connectivity index (χ4v) is 3.44. The summed E-state index contributed by atoms with van der Waals surface area (Å²) in [6.45, 7) is 12.9. The third kappa shape index (κ3) is 3.41. The van der Waals surface area contributed by atoms with Gasteiger partial charge >= 0.3 is 0 Å². The summed E-state index contributed by atoms with van der Waals surface area (Å²) in [6.07, 6.45) is 5.56. The van der Waals surface area contributed by atoms with Crippen molar-refractivity contribution in [2.75, 3.05) is 0 Å². The normalized spacial score (nSPS) is 12.1. The van der Waals surface area contributed by atoms with Gasteiger partial charge in [0.05, 0.1) is 21.6 Å². The van der Waals surface area contributed by atoms with Crippen LogP contribution in [0, 0.1) is 12.3 Å². The highest BCUT2D eigenvalue weighted by Crippen LogP contribution is 2.29. The highest BCUT2D eigenvalue weighted by atomic mass is 32.1. The lowest BCUT2D eigenvalue weighted by atomic mass is 9.92. The number of benzene rings is 1. The summed E-state index contributed by atoms with van der Waals surface area (Å²) in [5, 5.41) is 0. The van der Waals surface area contributed by atoms with E-state index in [0.29, 0.717) is 5.41 Å². The molecule has 2 heterocycles. The van der Waals surface area contributed by atoms with Crippen molar-refractivity contribution in [1.82, 2.24) is 9.38 Å². The molecule has 3 aromatic rings. The highest BCUT2D eigenvalue weighted by Gasteiger charge is 2.12. The van der Waals surface area contributed by atoms with E-state index in [4.69, 9.17) is 4.98 Å². The second kappa shape index (κ2) is 6.66. The molecule has 0 saturated carbocycles. The number of hydrogen-bond donors (Lipinski definition) is 0. The van der Waals surface area contributed by atoms with E-state index in [1.54, 1.807) is 11.3 Å². The van der Waals surface area contributed by atoms with Crippen LogP contribution in [0.25, 0.3) is 21.3 Å². The second-order valence-corrected chi connectivity index (χ2v) is 7.45. The molecule has 118 valence electrons. The average Bonchev–Trinajstić information content (AvgIpc) is 2.96. The van der Waals surface area contributed by atoms with Crippen molar-refractivity contribution in [3.8, 4) is 0 Å². The van der Waals surface area contributed by atoms with Crippen molar-refractivity contribution in [2.45, 2.75) is 48.0 Å². The average molecular weight is 314 g/mol. The fraction of sp³-hybridized carbons (Fsp3) is 0.421. The van der Waals surface area contributed by atoms with Gasteiger partial charge in [-0.15, -0.1) is 0 Å². The van der Waals surface area contributed by atoms with Crippen LogP contribution in [-0.2, 0) is 0 Å². The van der Waals surface area contributed by atoms with Crippen LogP contribution in [0.5, 0.6) is 0 Å². The molecule has 0 atom stereocenters. The van der Waals surface area contributed by atoms with Gasteiger partial charge in [0.15, 0.2) is 4.96 Å². The summed E-state index contributed by atoms with van der Waals surface area (Å²) in [5.41, 5.74) is 3.89. The van der Waals surface area contributed by atoms with E-state index in [9.17, 15) is 0 Å².